The first-order valence-electron chi connectivity index (χ1n) is 10.7. The fourth-order valence-corrected chi connectivity index (χ4v) is 7.39. The molecule has 5 atom stereocenters. The van der Waals surface area contributed by atoms with Crippen molar-refractivity contribution in [3.8, 4) is 5.75 Å². The second kappa shape index (κ2) is 5.36. The molecule has 1 heterocycles. The second-order valence-corrected chi connectivity index (χ2v) is 9.90. The van der Waals surface area contributed by atoms with E-state index in [1.165, 1.54) is 30.5 Å². The molecule has 1 aliphatic heterocycles. The van der Waals surface area contributed by atoms with Crippen LogP contribution >= 0.6 is 0 Å². The van der Waals surface area contributed by atoms with E-state index in [0.717, 1.165) is 43.9 Å². The lowest BCUT2D eigenvalue weighted by atomic mass is 9.44. The summed E-state index contributed by atoms with van der Waals surface area (Å²) in [5.74, 6) is 1.91. The molecule has 144 valence electrons. The summed E-state index contributed by atoms with van der Waals surface area (Å²) in [6.45, 7) is 2.25. The third-order valence-corrected chi connectivity index (χ3v) is 8.79. The number of carbonyl (C=O) groups excluding carboxylic acids is 1. The summed E-state index contributed by atoms with van der Waals surface area (Å²) < 4.78 is 5.55. The van der Waals surface area contributed by atoms with Gasteiger partial charge in [0, 0.05) is 35.8 Å². The van der Waals surface area contributed by atoms with Crippen molar-refractivity contribution in [1.82, 2.24) is 4.90 Å². The molecule has 0 radical (unpaired) electrons. The van der Waals surface area contributed by atoms with Gasteiger partial charge in [0.1, 0.15) is 11.5 Å². The molecular weight excluding hydrogens is 338 g/mol. The van der Waals surface area contributed by atoms with Crippen molar-refractivity contribution < 1.29 is 14.6 Å². The first-order valence-corrected chi connectivity index (χ1v) is 10.7. The highest BCUT2D eigenvalue weighted by atomic mass is 16.5. The third kappa shape index (κ3) is 2.04. The van der Waals surface area contributed by atoms with Gasteiger partial charge < -0.3 is 9.84 Å². The average Bonchev–Trinajstić information content (AvgIpc) is 3.43. The zero-order chi connectivity index (χ0) is 18.4. The number of methoxy groups -OCH3 is 1. The number of ether oxygens (including phenoxy) is 1. The lowest BCUT2D eigenvalue weighted by Gasteiger charge is -2.65. The minimum absolute atomic E-state index is 0.0463. The molecule has 4 nitrogen and oxygen atoms in total. The molecule has 1 saturated heterocycles. The molecule has 1 aromatic carbocycles. The molecule has 3 saturated carbocycles. The Balaban J connectivity index is 1.50. The molecule has 27 heavy (non-hydrogen) atoms. The molecule has 4 fully saturated rings. The van der Waals surface area contributed by atoms with Gasteiger partial charge in [0.25, 0.3) is 0 Å². The molecule has 5 aliphatic rings. The highest BCUT2D eigenvalue weighted by Crippen LogP contribution is 2.68. The zero-order valence-corrected chi connectivity index (χ0v) is 16.1. The van der Waals surface area contributed by atoms with Gasteiger partial charge >= 0.3 is 0 Å². The maximum Gasteiger partial charge on any atom is 0.139 e. The standard InChI is InChI=1S/C23H29NO3/c1-27-16-5-4-15-10-23-11-17-19(25)9-21(23)24(13-14-2-3-14)7-6-22(23,12-20(17)26)18(15)8-16/h4-5,8,14,17,19,21,25H,2-3,6-7,9-13H2,1H3/t17-,19+,21-,22-,23-/m1/s1. The van der Waals surface area contributed by atoms with E-state index in [0.29, 0.717) is 18.2 Å². The third-order valence-electron chi connectivity index (χ3n) is 8.79. The molecule has 0 unspecified atom stereocenters. The number of nitrogens with zero attached hydrogens (tertiary/aromatic N) is 1. The number of ketones is 1. The average molecular weight is 367 g/mol. The van der Waals surface area contributed by atoms with Gasteiger partial charge in [-0.05, 0) is 74.2 Å². The van der Waals surface area contributed by atoms with Gasteiger partial charge in [-0.3, -0.25) is 9.69 Å². The topological polar surface area (TPSA) is 49.8 Å². The molecule has 1 N–H and O–H groups in total. The van der Waals surface area contributed by atoms with Crippen LogP contribution in [0.4, 0.5) is 0 Å². The Kier molecular flexibility index (Phi) is 3.28. The van der Waals surface area contributed by atoms with Crippen molar-refractivity contribution in [1.29, 1.82) is 0 Å². The van der Waals surface area contributed by atoms with Crippen LogP contribution in [0.5, 0.6) is 5.75 Å². The predicted molar refractivity (Wildman–Crippen MR) is 102 cm³/mol. The summed E-state index contributed by atoms with van der Waals surface area (Å²) in [5, 5.41) is 10.8. The number of carbonyl (C=O) groups is 1. The minimum atomic E-state index is -0.454. The highest BCUT2D eigenvalue weighted by Gasteiger charge is 2.70. The van der Waals surface area contributed by atoms with E-state index >= 15 is 0 Å². The van der Waals surface area contributed by atoms with Gasteiger partial charge in [-0.2, -0.15) is 0 Å². The van der Waals surface area contributed by atoms with Crippen molar-refractivity contribution in [2.45, 2.75) is 62.5 Å². The number of aliphatic hydroxyl groups excluding tert-OH is 1. The number of rotatable bonds is 3. The lowest BCUT2D eigenvalue weighted by molar-refractivity contribution is -0.169. The fraction of sp³-hybridized carbons (Fsp3) is 0.696. The van der Waals surface area contributed by atoms with Gasteiger partial charge in [-0.25, -0.2) is 0 Å². The first kappa shape index (κ1) is 16.6. The summed E-state index contributed by atoms with van der Waals surface area (Å²) in [4.78, 5) is 15.8. The van der Waals surface area contributed by atoms with E-state index in [-0.39, 0.29) is 16.7 Å². The van der Waals surface area contributed by atoms with E-state index in [1.54, 1.807) is 7.11 Å². The number of aliphatic hydroxyl groups is 1. The number of Topliss-reactive ketones (excluding diaryl/α,β-unsaturated/α-hetero) is 1. The van der Waals surface area contributed by atoms with E-state index in [2.05, 4.69) is 23.1 Å². The Morgan fingerprint density at radius 2 is 2.15 bits per heavy atom. The minimum Gasteiger partial charge on any atom is -0.497 e. The Hall–Kier alpha value is -1.39. The van der Waals surface area contributed by atoms with Crippen LogP contribution in [0.2, 0.25) is 0 Å². The summed E-state index contributed by atoms with van der Waals surface area (Å²) in [7, 11) is 1.73. The van der Waals surface area contributed by atoms with E-state index < -0.39 is 6.10 Å². The fourth-order valence-electron chi connectivity index (χ4n) is 7.39. The van der Waals surface area contributed by atoms with Crippen molar-refractivity contribution in [3.05, 3.63) is 29.3 Å². The van der Waals surface area contributed by atoms with Gasteiger partial charge in [0.2, 0.25) is 0 Å². The second-order valence-electron chi connectivity index (χ2n) is 9.90. The van der Waals surface area contributed by atoms with Gasteiger partial charge in [0.15, 0.2) is 0 Å². The Bertz CT molecular complexity index is 818. The zero-order valence-electron chi connectivity index (χ0n) is 16.1. The monoisotopic (exact) mass is 367 g/mol. The number of benzene rings is 1. The van der Waals surface area contributed by atoms with Crippen molar-refractivity contribution in [3.63, 3.8) is 0 Å². The maximum atomic E-state index is 13.1. The SMILES string of the molecule is COc1ccc2c(c1)[C@]13CCN(CC4CC4)[C@@H]4C[C@H](O)[C@@H](C[C@]41C2)C(=O)C3. The van der Waals surface area contributed by atoms with Gasteiger partial charge in [-0.1, -0.05) is 6.07 Å². The summed E-state index contributed by atoms with van der Waals surface area (Å²) in [5.41, 5.74) is 2.86. The van der Waals surface area contributed by atoms with E-state index in [9.17, 15) is 9.90 Å². The van der Waals surface area contributed by atoms with Crippen LogP contribution < -0.4 is 4.74 Å². The van der Waals surface area contributed by atoms with Crippen LogP contribution in [0.1, 0.15) is 49.7 Å². The van der Waals surface area contributed by atoms with Crippen LogP contribution in [-0.4, -0.2) is 48.1 Å². The predicted octanol–water partition coefficient (Wildman–Crippen LogP) is 2.70. The van der Waals surface area contributed by atoms with Crippen molar-refractivity contribution in [2.75, 3.05) is 20.2 Å². The largest absolute Gasteiger partial charge is 0.497 e. The summed E-state index contributed by atoms with van der Waals surface area (Å²) in [6.07, 6.45) is 6.67. The number of hydrogen-bond acceptors (Lipinski definition) is 4. The van der Waals surface area contributed by atoms with Crippen molar-refractivity contribution >= 4 is 5.78 Å². The highest BCUT2D eigenvalue weighted by molar-refractivity contribution is 5.86. The molecule has 4 aliphatic carbocycles. The number of hydrogen-bond donors (Lipinski definition) is 1. The molecule has 1 spiro atoms. The van der Waals surface area contributed by atoms with E-state index in [1.807, 2.05) is 0 Å². The Morgan fingerprint density at radius 1 is 1.30 bits per heavy atom. The molecule has 2 bridgehead atoms. The number of piperidine rings is 1. The van der Waals surface area contributed by atoms with E-state index in [4.69, 9.17) is 4.74 Å². The first-order chi connectivity index (χ1) is 13.1. The molecule has 4 heteroatoms. The number of fused-ring (bicyclic) bond motifs is 2. The molecule has 1 aromatic rings. The molecule has 0 aromatic heterocycles. The molecule has 0 amide bonds. The van der Waals surface area contributed by atoms with Crippen LogP contribution in [0.3, 0.4) is 0 Å². The molecule has 6 rings (SSSR count). The Labute approximate surface area is 160 Å². The van der Waals surface area contributed by atoms with Crippen LogP contribution in [0.25, 0.3) is 0 Å². The maximum absolute atomic E-state index is 13.1. The quantitative estimate of drug-likeness (QED) is 0.892. The summed E-state index contributed by atoms with van der Waals surface area (Å²) in [6, 6.07) is 6.94. The Morgan fingerprint density at radius 3 is 2.93 bits per heavy atom. The smallest absolute Gasteiger partial charge is 0.139 e. The van der Waals surface area contributed by atoms with Gasteiger partial charge in [0.05, 0.1) is 13.2 Å². The molecular formula is C23H29NO3. The summed E-state index contributed by atoms with van der Waals surface area (Å²) >= 11 is 0. The van der Waals surface area contributed by atoms with Gasteiger partial charge in [-0.15, -0.1) is 0 Å². The normalized spacial score (nSPS) is 42.6. The van der Waals surface area contributed by atoms with Crippen molar-refractivity contribution in [2.24, 2.45) is 17.3 Å². The van der Waals surface area contributed by atoms with Crippen LogP contribution in [0.15, 0.2) is 18.2 Å². The lowest BCUT2D eigenvalue weighted by Crippen LogP contribution is -2.70. The number of likely N-dealkylation sites (tertiary alicyclic amines) is 1. The van der Waals surface area contributed by atoms with Crippen LogP contribution in [0, 0.1) is 17.3 Å². The van der Waals surface area contributed by atoms with Crippen LogP contribution in [-0.2, 0) is 16.6 Å².